The van der Waals surface area contributed by atoms with Crippen LogP contribution in [0.3, 0.4) is 0 Å². The van der Waals surface area contributed by atoms with Gasteiger partial charge in [-0.25, -0.2) is 4.79 Å². The highest BCUT2D eigenvalue weighted by Crippen LogP contribution is 2.19. The van der Waals surface area contributed by atoms with Crippen molar-refractivity contribution in [3.05, 3.63) is 18.0 Å². The molecule has 0 bridgehead atoms. The molecular formula is C13H20N4O3S. The van der Waals surface area contributed by atoms with E-state index in [0.29, 0.717) is 25.3 Å². The maximum Gasteiger partial charge on any atom is 0.317 e. The average molecular weight is 312 g/mol. The lowest BCUT2D eigenvalue weighted by molar-refractivity contribution is -0.137. The molecule has 2 amide bonds. The fourth-order valence-corrected chi connectivity index (χ4v) is 3.35. The summed E-state index contributed by atoms with van der Waals surface area (Å²) in [6, 6.07) is 1.50. The van der Waals surface area contributed by atoms with Gasteiger partial charge in [-0.05, 0) is 6.07 Å². The van der Waals surface area contributed by atoms with Crippen LogP contribution in [0.5, 0.6) is 0 Å². The van der Waals surface area contributed by atoms with Crippen LogP contribution < -0.4 is 5.32 Å². The van der Waals surface area contributed by atoms with E-state index in [0.717, 1.165) is 11.4 Å². The zero-order chi connectivity index (χ0) is 15.2. The Hall–Kier alpha value is -1.70. The fraction of sp³-hybridized carbons (Fsp3) is 0.615. The van der Waals surface area contributed by atoms with Crippen molar-refractivity contribution in [2.75, 3.05) is 24.6 Å². The van der Waals surface area contributed by atoms with Crippen molar-refractivity contribution in [3.8, 4) is 0 Å². The molecule has 1 fully saturated rings. The molecule has 2 heterocycles. The molecule has 7 nitrogen and oxygen atoms in total. The van der Waals surface area contributed by atoms with Gasteiger partial charge in [-0.2, -0.15) is 16.9 Å². The number of hydrogen-bond donors (Lipinski definition) is 2. The minimum atomic E-state index is -0.867. The highest BCUT2D eigenvalue weighted by molar-refractivity contribution is 7.99. The van der Waals surface area contributed by atoms with Crippen LogP contribution in [0.4, 0.5) is 4.79 Å². The lowest BCUT2D eigenvalue weighted by Gasteiger charge is -2.34. The lowest BCUT2D eigenvalue weighted by Crippen LogP contribution is -2.51. The number of urea groups is 1. The van der Waals surface area contributed by atoms with Gasteiger partial charge >= 0.3 is 12.0 Å². The number of nitrogens with zero attached hydrogens (tertiary/aromatic N) is 3. The predicted molar refractivity (Wildman–Crippen MR) is 80.4 cm³/mol. The summed E-state index contributed by atoms with van der Waals surface area (Å²) in [5, 5.41) is 16.0. The summed E-state index contributed by atoms with van der Waals surface area (Å²) in [6.07, 6.45) is 2.53. The van der Waals surface area contributed by atoms with E-state index in [1.165, 1.54) is 0 Å². The fourth-order valence-electron chi connectivity index (χ4n) is 2.29. The van der Waals surface area contributed by atoms with Gasteiger partial charge in [0.2, 0.25) is 0 Å². The van der Waals surface area contributed by atoms with Crippen LogP contribution in [0.25, 0.3) is 0 Å². The molecular weight excluding hydrogens is 292 g/mol. The summed E-state index contributed by atoms with van der Waals surface area (Å²) in [5.41, 5.74) is 0.925. The van der Waals surface area contributed by atoms with Crippen molar-refractivity contribution in [1.29, 1.82) is 0 Å². The Morgan fingerprint density at radius 2 is 2.38 bits per heavy atom. The van der Waals surface area contributed by atoms with E-state index in [-0.39, 0.29) is 18.5 Å². The summed E-state index contributed by atoms with van der Waals surface area (Å²) in [5.74, 6) is 0.665. The number of nitrogens with one attached hydrogen (secondary N) is 1. The minimum Gasteiger partial charge on any atom is -0.481 e. The summed E-state index contributed by atoms with van der Waals surface area (Å²) in [6.45, 7) is 1.09. The highest BCUT2D eigenvalue weighted by Gasteiger charge is 2.28. The minimum absolute atomic E-state index is 0.000656. The third kappa shape index (κ3) is 4.66. The number of carboxylic acids is 1. The first-order valence-electron chi connectivity index (χ1n) is 6.89. The maximum atomic E-state index is 12.2. The Kier molecular flexibility index (Phi) is 5.49. The number of aliphatic carboxylic acids is 1. The van der Waals surface area contributed by atoms with Crippen LogP contribution in [0, 0.1) is 0 Å². The first-order valence-corrected chi connectivity index (χ1v) is 8.04. The molecule has 1 atom stereocenters. The number of aryl methyl sites for hydroxylation is 1. The molecule has 0 spiro atoms. The quantitative estimate of drug-likeness (QED) is 0.830. The number of hydrogen-bond acceptors (Lipinski definition) is 4. The van der Waals surface area contributed by atoms with Gasteiger partial charge in [0.05, 0.1) is 18.2 Å². The van der Waals surface area contributed by atoms with E-state index in [2.05, 4.69) is 10.4 Å². The van der Waals surface area contributed by atoms with Crippen molar-refractivity contribution in [1.82, 2.24) is 20.0 Å². The largest absolute Gasteiger partial charge is 0.481 e. The van der Waals surface area contributed by atoms with Crippen molar-refractivity contribution < 1.29 is 14.7 Å². The molecule has 0 aliphatic carbocycles. The Bertz CT molecular complexity index is 505. The van der Waals surface area contributed by atoms with E-state index in [1.807, 2.05) is 19.3 Å². The molecule has 0 radical (unpaired) electrons. The molecule has 1 aliphatic heterocycles. The molecule has 21 heavy (non-hydrogen) atoms. The molecule has 1 aliphatic rings. The summed E-state index contributed by atoms with van der Waals surface area (Å²) >= 11 is 1.69. The van der Waals surface area contributed by atoms with E-state index < -0.39 is 5.97 Å². The van der Waals surface area contributed by atoms with E-state index >= 15 is 0 Å². The van der Waals surface area contributed by atoms with E-state index in [4.69, 9.17) is 5.11 Å². The number of carbonyl (C=O) groups is 2. The lowest BCUT2D eigenvalue weighted by atomic mass is 10.2. The molecule has 0 aromatic carbocycles. The zero-order valence-corrected chi connectivity index (χ0v) is 12.8. The van der Waals surface area contributed by atoms with Crippen LogP contribution in [-0.4, -0.2) is 62.4 Å². The molecule has 0 saturated carbocycles. The smallest absolute Gasteiger partial charge is 0.317 e. The van der Waals surface area contributed by atoms with E-state index in [1.54, 1.807) is 21.3 Å². The van der Waals surface area contributed by atoms with Crippen LogP contribution in [0.15, 0.2) is 12.3 Å². The van der Waals surface area contributed by atoms with Gasteiger partial charge in [0.1, 0.15) is 0 Å². The summed E-state index contributed by atoms with van der Waals surface area (Å²) < 4.78 is 1.72. The van der Waals surface area contributed by atoms with Crippen LogP contribution in [0.1, 0.15) is 12.1 Å². The van der Waals surface area contributed by atoms with Crippen LogP contribution in [0.2, 0.25) is 0 Å². The normalized spacial score (nSPS) is 18.5. The van der Waals surface area contributed by atoms with Crippen molar-refractivity contribution >= 4 is 23.8 Å². The average Bonchev–Trinajstić information content (AvgIpc) is 2.84. The summed E-state index contributed by atoms with van der Waals surface area (Å²) in [7, 11) is 1.85. The number of carboxylic acid groups (broad SMARTS) is 1. The molecule has 1 aromatic rings. The summed E-state index contributed by atoms with van der Waals surface area (Å²) in [4.78, 5) is 24.7. The first-order chi connectivity index (χ1) is 10.1. The zero-order valence-electron chi connectivity index (χ0n) is 12.0. The Balaban J connectivity index is 1.81. The van der Waals surface area contributed by atoms with Gasteiger partial charge in [-0.1, -0.05) is 0 Å². The molecule has 1 unspecified atom stereocenters. The van der Waals surface area contributed by atoms with Gasteiger partial charge in [0, 0.05) is 44.3 Å². The van der Waals surface area contributed by atoms with Crippen LogP contribution >= 0.6 is 11.8 Å². The van der Waals surface area contributed by atoms with Crippen molar-refractivity contribution in [2.45, 2.75) is 18.9 Å². The van der Waals surface area contributed by atoms with Gasteiger partial charge in [0.25, 0.3) is 0 Å². The van der Waals surface area contributed by atoms with Crippen molar-refractivity contribution in [2.24, 2.45) is 7.05 Å². The molecule has 1 aromatic heterocycles. The number of rotatable bonds is 5. The van der Waals surface area contributed by atoms with Crippen LogP contribution in [-0.2, 0) is 18.3 Å². The Morgan fingerprint density at radius 1 is 1.57 bits per heavy atom. The van der Waals surface area contributed by atoms with Crippen molar-refractivity contribution in [3.63, 3.8) is 0 Å². The second-order valence-corrected chi connectivity index (χ2v) is 6.13. The maximum absolute atomic E-state index is 12.2. The van der Waals surface area contributed by atoms with Gasteiger partial charge in [-0.3, -0.25) is 9.48 Å². The second-order valence-electron chi connectivity index (χ2n) is 4.98. The monoisotopic (exact) mass is 312 g/mol. The number of aromatic nitrogens is 2. The number of carbonyl (C=O) groups excluding carboxylic acids is 1. The standard InChI is InChI=1S/C13H20N4O3S/c1-16-5-3-10(15-16)2-4-14-13(20)17-6-7-21-9-11(17)8-12(18)19/h3,5,11H,2,4,6-9H2,1H3,(H,14,20)(H,18,19). The molecule has 8 heteroatoms. The van der Waals surface area contributed by atoms with Gasteiger partial charge in [0.15, 0.2) is 0 Å². The predicted octanol–water partition coefficient (Wildman–Crippen LogP) is 0.564. The SMILES string of the molecule is Cn1ccc(CCNC(=O)N2CCSCC2CC(=O)O)n1. The molecule has 116 valence electrons. The first kappa shape index (κ1) is 15.7. The third-order valence-electron chi connectivity index (χ3n) is 3.32. The molecule has 2 rings (SSSR count). The number of thioether (sulfide) groups is 1. The van der Waals surface area contributed by atoms with Gasteiger partial charge < -0.3 is 15.3 Å². The van der Waals surface area contributed by atoms with E-state index in [9.17, 15) is 9.59 Å². The highest BCUT2D eigenvalue weighted by atomic mass is 32.2. The number of amides is 2. The Labute approximate surface area is 127 Å². The third-order valence-corrected chi connectivity index (χ3v) is 4.42. The molecule has 1 saturated heterocycles. The second kappa shape index (κ2) is 7.35. The Morgan fingerprint density at radius 3 is 3.05 bits per heavy atom. The topological polar surface area (TPSA) is 87.5 Å². The van der Waals surface area contributed by atoms with Gasteiger partial charge in [-0.15, -0.1) is 0 Å². The molecule has 2 N–H and O–H groups in total.